The second kappa shape index (κ2) is 5.51. The Balaban J connectivity index is 2.16. The van der Waals surface area contributed by atoms with Gasteiger partial charge >= 0.3 is 0 Å². The summed E-state index contributed by atoms with van der Waals surface area (Å²) in [6.07, 6.45) is -2.76. The molecule has 0 spiro atoms. The van der Waals surface area contributed by atoms with Crippen LogP contribution in [0.2, 0.25) is 0 Å². The van der Waals surface area contributed by atoms with E-state index in [4.69, 9.17) is 0 Å². The lowest BCUT2D eigenvalue weighted by Gasteiger charge is -2.28. The molecule has 2 rings (SSSR count). The summed E-state index contributed by atoms with van der Waals surface area (Å²) in [5.74, 6) is -0.812. The molecule has 0 aromatic heterocycles. The second-order valence-corrected chi connectivity index (χ2v) is 4.14. The van der Waals surface area contributed by atoms with Crippen LogP contribution in [0.4, 0.5) is 13.2 Å². The van der Waals surface area contributed by atoms with Gasteiger partial charge < -0.3 is 5.32 Å². The number of piperazine rings is 1. The summed E-state index contributed by atoms with van der Waals surface area (Å²) in [4.78, 5) is 2.05. The highest BCUT2D eigenvalue weighted by molar-refractivity contribution is 5.29. The molecular weight excluding hydrogens is 229 g/mol. The van der Waals surface area contributed by atoms with E-state index < -0.39 is 17.8 Å². The van der Waals surface area contributed by atoms with Crippen LogP contribution >= 0.6 is 0 Å². The Labute approximate surface area is 98.4 Å². The number of nitrogens with zero attached hydrogens (tertiary/aromatic N) is 1. The van der Waals surface area contributed by atoms with Crippen molar-refractivity contribution in [2.45, 2.75) is 13.0 Å². The SMILES string of the molecule is Fc1cccc(CN2CCNCC2)c1C(F)F. The van der Waals surface area contributed by atoms with Crippen molar-refractivity contribution >= 4 is 0 Å². The van der Waals surface area contributed by atoms with Gasteiger partial charge in [-0.25, -0.2) is 13.2 Å². The Morgan fingerprint density at radius 2 is 1.94 bits per heavy atom. The maximum Gasteiger partial charge on any atom is 0.266 e. The molecule has 0 radical (unpaired) electrons. The fraction of sp³-hybridized carbons (Fsp3) is 0.500. The standard InChI is InChI=1S/C12H15F3N2/c13-10-3-1-2-9(11(10)12(14)15)8-17-6-4-16-5-7-17/h1-3,12,16H,4-8H2. The molecular formula is C12H15F3N2. The molecule has 1 aliphatic heterocycles. The number of rotatable bonds is 3. The van der Waals surface area contributed by atoms with Crippen LogP contribution in [0.5, 0.6) is 0 Å². The van der Waals surface area contributed by atoms with Crippen LogP contribution in [0.3, 0.4) is 0 Å². The van der Waals surface area contributed by atoms with Crippen LogP contribution in [-0.2, 0) is 6.54 Å². The van der Waals surface area contributed by atoms with Crippen molar-refractivity contribution in [3.8, 4) is 0 Å². The quantitative estimate of drug-likeness (QED) is 0.876. The van der Waals surface area contributed by atoms with Gasteiger partial charge in [-0.15, -0.1) is 0 Å². The molecule has 0 amide bonds. The van der Waals surface area contributed by atoms with Gasteiger partial charge in [-0.2, -0.15) is 0 Å². The van der Waals surface area contributed by atoms with E-state index in [0.29, 0.717) is 12.1 Å². The summed E-state index contributed by atoms with van der Waals surface area (Å²) in [6.45, 7) is 3.69. The molecule has 17 heavy (non-hydrogen) atoms. The van der Waals surface area contributed by atoms with Crippen LogP contribution in [0.25, 0.3) is 0 Å². The summed E-state index contributed by atoms with van der Waals surface area (Å²) in [6, 6.07) is 4.15. The summed E-state index contributed by atoms with van der Waals surface area (Å²) in [5, 5.41) is 3.19. The summed E-state index contributed by atoms with van der Waals surface area (Å²) >= 11 is 0. The highest BCUT2D eigenvalue weighted by atomic mass is 19.3. The second-order valence-electron chi connectivity index (χ2n) is 4.14. The maximum absolute atomic E-state index is 13.3. The minimum Gasteiger partial charge on any atom is -0.314 e. The largest absolute Gasteiger partial charge is 0.314 e. The molecule has 1 fully saturated rings. The number of hydrogen-bond acceptors (Lipinski definition) is 2. The van der Waals surface area contributed by atoms with Crippen LogP contribution < -0.4 is 5.32 Å². The predicted octanol–water partition coefficient (Wildman–Crippen LogP) is 2.17. The Morgan fingerprint density at radius 1 is 1.24 bits per heavy atom. The van der Waals surface area contributed by atoms with E-state index in [1.807, 2.05) is 0 Å². The van der Waals surface area contributed by atoms with Gasteiger partial charge in [-0.1, -0.05) is 12.1 Å². The smallest absolute Gasteiger partial charge is 0.266 e. The molecule has 2 nitrogen and oxygen atoms in total. The molecule has 1 heterocycles. The fourth-order valence-corrected chi connectivity index (χ4v) is 2.07. The van der Waals surface area contributed by atoms with Gasteiger partial charge in [-0.3, -0.25) is 4.90 Å². The van der Waals surface area contributed by atoms with E-state index in [-0.39, 0.29) is 0 Å². The molecule has 0 unspecified atom stereocenters. The molecule has 0 bridgehead atoms. The van der Waals surface area contributed by atoms with E-state index in [1.54, 1.807) is 6.07 Å². The molecule has 0 atom stereocenters. The van der Waals surface area contributed by atoms with Gasteiger partial charge in [0.15, 0.2) is 0 Å². The Bertz CT molecular complexity index is 376. The van der Waals surface area contributed by atoms with Crippen molar-refractivity contribution in [2.24, 2.45) is 0 Å². The normalized spacial score (nSPS) is 17.6. The third-order valence-electron chi connectivity index (χ3n) is 2.97. The predicted molar refractivity (Wildman–Crippen MR) is 59.5 cm³/mol. The lowest BCUT2D eigenvalue weighted by Crippen LogP contribution is -2.43. The first kappa shape index (κ1) is 12.4. The van der Waals surface area contributed by atoms with Crippen molar-refractivity contribution in [3.63, 3.8) is 0 Å². The molecule has 94 valence electrons. The zero-order chi connectivity index (χ0) is 12.3. The zero-order valence-electron chi connectivity index (χ0n) is 9.43. The number of benzene rings is 1. The highest BCUT2D eigenvalue weighted by Gasteiger charge is 2.20. The van der Waals surface area contributed by atoms with Gasteiger partial charge in [0.25, 0.3) is 6.43 Å². The van der Waals surface area contributed by atoms with Crippen molar-refractivity contribution < 1.29 is 13.2 Å². The topological polar surface area (TPSA) is 15.3 Å². The molecule has 0 aliphatic carbocycles. The minimum atomic E-state index is -2.76. The monoisotopic (exact) mass is 244 g/mol. The van der Waals surface area contributed by atoms with Crippen LogP contribution in [0.15, 0.2) is 18.2 Å². The number of nitrogens with one attached hydrogen (secondary N) is 1. The number of alkyl halides is 2. The van der Waals surface area contributed by atoms with Gasteiger partial charge in [-0.05, 0) is 11.6 Å². The molecule has 1 saturated heterocycles. The summed E-state index contributed by atoms with van der Waals surface area (Å²) in [7, 11) is 0. The van der Waals surface area contributed by atoms with Gasteiger partial charge in [0.1, 0.15) is 5.82 Å². The van der Waals surface area contributed by atoms with E-state index in [9.17, 15) is 13.2 Å². The lowest BCUT2D eigenvalue weighted by molar-refractivity contribution is 0.142. The van der Waals surface area contributed by atoms with Crippen molar-refractivity contribution in [3.05, 3.63) is 35.1 Å². The van der Waals surface area contributed by atoms with E-state index in [1.165, 1.54) is 6.07 Å². The molecule has 1 aliphatic rings. The van der Waals surface area contributed by atoms with Gasteiger partial charge in [0, 0.05) is 32.7 Å². The van der Waals surface area contributed by atoms with E-state index in [2.05, 4.69) is 10.2 Å². The average Bonchev–Trinajstić information content (AvgIpc) is 2.30. The molecule has 5 heteroatoms. The van der Waals surface area contributed by atoms with Crippen LogP contribution in [-0.4, -0.2) is 31.1 Å². The first-order valence-corrected chi connectivity index (χ1v) is 5.67. The minimum absolute atomic E-state index is 0.388. The van der Waals surface area contributed by atoms with Crippen molar-refractivity contribution in [1.82, 2.24) is 10.2 Å². The first-order valence-electron chi connectivity index (χ1n) is 5.67. The maximum atomic E-state index is 13.3. The molecule has 1 aromatic carbocycles. The van der Waals surface area contributed by atoms with Crippen molar-refractivity contribution in [1.29, 1.82) is 0 Å². The summed E-state index contributed by atoms with van der Waals surface area (Å²) < 4.78 is 38.9. The third-order valence-corrected chi connectivity index (χ3v) is 2.97. The highest BCUT2D eigenvalue weighted by Crippen LogP contribution is 2.26. The number of hydrogen-bond donors (Lipinski definition) is 1. The zero-order valence-corrected chi connectivity index (χ0v) is 9.43. The molecule has 1 N–H and O–H groups in total. The Morgan fingerprint density at radius 3 is 2.59 bits per heavy atom. The average molecular weight is 244 g/mol. The molecule has 0 saturated carbocycles. The lowest BCUT2D eigenvalue weighted by atomic mass is 10.1. The first-order chi connectivity index (χ1) is 8.18. The third kappa shape index (κ3) is 2.98. The Hall–Kier alpha value is -1.07. The van der Waals surface area contributed by atoms with Crippen molar-refractivity contribution in [2.75, 3.05) is 26.2 Å². The Kier molecular flexibility index (Phi) is 4.02. The fourth-order valence-electron chi connectivity index (χ4n) is 2.07. The van der Waals surface area contributed by atoms with Gasteiger partial charge in [0.2, 0.25) is 0 Å². The van der Waals surface area contributed by atoms with E-state index in [0.717, 1.165) is 32.2 Å². The summed E-state index contributed by atoms with van der Waals surface area (Å²) in [5.41, 5.74) is -0.0621. The van der Waals surface area contributed by atoms with Crippen LogP contribution in [0.1, 0.15) is 17.6 Å². The van der Waals surface area contributed by atoms with Crippen LogP contribution in [0, 0.1) is 5.82 Å². The van der Waals surface area contributed by atoms with Gasteiger partial charge in [0.05, 0.1) is 5.56 Å². The number of halogens is 3. The molecule has 1 aromatic rings. The van der Waals surface area contributed by atoms with E-state index >= 15 is 0 Å².